The summed E-state index contributed by atoms with van der Waals surface area (Å²) in [6, 6.07) is 0.0872. The minimum Gasteiger partial charge on any atom is -0.376 e. The van der Waals surface area contributed by atoms with Crippen LogP contribution in [0.1, 0.15) is 55.8 Å². The molecular weight excluding hydrogens is 310 g/mol. The Morgan fingerprint density at radius 2 is 2.08 bits per heavy atom. The normalized spacial score (nSPS) is 27.1. The van der Waals surface area contributed by atoms with E-state index in [0.717, 1.165) is 36.7 Å². The van der Waals surface area contributed by atoms with E-state index in [1.165, 1.54) is 12.6 Å². The number of carbonyl (C=O) groups is 1. The predicted octanol–water partition coefficient (Wildman–Crippen LogP) is 1.02. The third kappa shape index (κ3) is 3.61. The fourth-order valence-corrected chi connectivity index (χ4v) is 3.61. The second-order valence-corrected chi connectivity index (χ2v) is 6.90. The van der Waals surface area contributed by atoms with Crippen molar-refractivity contribution in [1.29, 1.82) is 0 Å². The first kappa shape index (κ1) is 17.0. The molecule has 1 aliphatic carbocycles. The number of aromatic nitrogens is 2. The Labute approximate surface area is 140 Å². The molecule has 3 atom stereocenters. The summed E-state index contributed by atoms with van der Waals surface area (Å²) in [6.45, 7) is 2.96. The molecule has 0 aromatic carbocycles. The second kappa shape index (κ2) is 7.34. The van der Waals surface area contributed by atoms with Crippen molar-refractivity contribution in [2.24, 2.45) is 5.92 Å². The van der Waals surface area contributed by atoms with Crippen LogP contribution in [0.4, 0.5) is 0 Å². The summed E-state index contributed by atoms with van der Waals surface area (Å²) in [4.78, 5) is 39.5. The molecule has 0 spiro atoms. The van der Waals surface area contributed by atoms with Gasteiger partial charge >= 0.3 is 5.69 Å². The van der Waals surface area contributed by atoms with Crippen molar-refractivity contribution in [3.63, 3.8) is 0 Å². The number of rotatable bonds is 4. The average molecular weight is 335 g/mol. The Morgan fingerprint density at radius 1 is 1.29 bits per heavy atom. The van der Waals surface area contributed by atoms with Gasteiger partial charge in [-0.1, -0.05) is 19.8 Å². The van der Waals surface area contributed by atoms with Gasteiger partial charge in [-0.25, -0.2) is 4.79 Å². The van der Waals surface area contributed by atoms with E-state index < -0.39 is 17.2 Å². The number of amides is 1. The standard InChI is InChI=1S/C17H25N3O4/c1-11-5-2-3-7-14(11)19-15(21)13-9-18-17(23)20(16(13)22)10-12-6-4-8-24-12/h9,11-12,14H,2-8,10H2,1H3,(H,18,23)(H,19,21). The maximum absolute atomic E-state index is 12.6. The van der Waals surface area contributed by atoms with Crippen LogP contribution in [0.2, 0.25) is 0 Å². The highest BCUT2D eigenvalue weighted by molar-refractivity contribution is 5.93. The van der Waals surface area contributed by atoms with Gasteiger partial charge in [-0.3, -0.25) is 14.2 Å². The molecule has 3 unspecified atom stereocenters. The molecule has 132 valence electrons. The van der Waals surface area contributed by atoms with Crippen LogP contribution in [-0.4, -0.2) is 34.2 Å². The van der Waals surface area contributed by atoms with Gasteiger partial charge in [-0.15, -0.1) is 0 Å². The molecule has 1 aromatic rings. The third-order valence-corrected chi connectivity index (χ3v) is 5.14. The molecule has 1 aliphatic heterocycles. The topological polar surface area (TPSA) is 93.2 Å². The summed E-state index contributed by atoms with van der Waals surface area (Å²) in [5.41, 5.74) is -1.06. The molecule has 0 radical (unpaired) electrons. The molecule has 7 heteroatoms. The molecule has 1 saturated heterocycles. The van der Waals surface area contributed by atoms with Crippen LogP contribution in [0, 0.1) is 5.92 Å². The predicted molar refractivity (Wildman–Crippen MR) is 89.2 cm³/mol. The Bertz CT molecular complexity index is 703. The quantitative estimate of drug-likeness (QED) is 0.859. The Morgan fingerprint density at radius 3 is 2.79 bits per heavy atom. The molecule has 7 nitrogen and oxygen atoms in total. The molecule has 2 fully saturated rings. The molecule has 0 bridgehead atoms. The smallest absolute Gasteiger partial charge is 0.328 e. The number of ether oxygens (including phenoxy) is 1. The Hall–Kier alpha value is -1.89. The van der Waals surface area contributed by atoms with E-state index in [9.17, 15) is 14.4 Å². The van der Waals surface area contributed by atoms with Crippen molar-refractivity contribution >= 4 is 5.91 Å². The summed E-state index contributed by atoms with van der Waals surface area (Å²) in [5, 5.41) is 2.96. The number of carbonyl (C=O) groups excluding carboxylic acids is 1. The van der Waals surface area contributed by atoms with Crippen molar-refractivity contribution in [3.8, 4) is 0 Å². The van der Waals surface area contributed by atoms with Gasteiger partial charge in [0.2, 0.25) is 0 Å². The average Bonchev–Trinajstić information content (AvgIpc) is 3.06. The van der Waals surface area contributed by atoms with Crippen molar-refractivity contribution in [2.75, 3.05) is 6.61 Å². The van der Waals surface area contributed by atoms with Gasteiger partial charge in [0.05, 0.1) is 12.6 Å². The van der Waals surface area contributed by atoms with E-state index in [4.69, 9.17) is 4.74 Å². The third-order valence-electron chi connectivity index (χ3n) is 5.14. The summed E-state index contributed by atoms with van der Waals surface area (Å²) < 4.78 is 6.57. The van der Waals surface area contributed by atoms with Gasteiger partial charge in [0.1, 0.15) is 5.56 Å². The molecular formula is C17H25N3O4. The largest absolute Gasteiger partial charge is 0.376 e. The first-order chi connectivity index (χ1) is 11.6. The van der Waals surface area contributed by atoms with Crippen LogP contribution < -0.4 is 16.6 Å². The number of hydrogen-bond donors (Lipinski definition) is 2. The Kier molecular flexibility index (Phi) is 5.18. The lowest BCUT2D eigenvalue weighted by molar-refractivity contribution is 0.0894. The summed E-state index contributed by atoms with van der Waals surface area (Å²) in [5.74, 6) is -0.00401. The fraction of sp³-hybridized carbons (Fsp3) is 0.706. The SMILES string of the molecule is CC1CCCCC1NC(=O)c1c[nH]c(=O)n(CC2CCCO2)c1=O. The highest BCUT2D eigenvalue weighted by Crippen LogP contribution is 2.23. The molecule has 1 saturated carbocycles. The van der Waals surface area contributed by atoms with E-state index in [0.29, 0.717) is 12.5 Å². The van der Waals surface area contributed by atoms with Crippen LogP contribution >= 0.6 is 0 Å². The molecule has 2 N–H and O–H groups in total. The minimum atomic E-state index is -0.546. The van der Waals surface area contributed by atoms with E-state index >= 15 is 0 Å². The van der Waals surface area contributed by atoms with Crippen LogP contribution in [-0.2, 0) is 11.3 Å². The van der Waals surface area contributed by atoms with E-state index in [1.54, 1.807) is 0 Å². The molecule has 2 heterocycles. The van der Waals surface area contributed by atoms with Gasteiger partial charge in [0, 0.05) is 18.8 Å². The first-order valence-electron chi connectivity index (χ1n) is 8.81. The highest BCUT2D eigenvalue weighted by atomic mass is 16.5. The van der Waals surface area contributed by atoms with Crippen LogP contribution in [0.5, 0.6) is 0 Å². The summed E-state index contributed by atoms with van der Waals surface area (Å²) >= 11 is 0. The number of aromatic amines is 1. The maximum atomic E-state index is 12.6. The summed E-state index contributed by atoms with van der Waals surface area (Å²) in [7, 11) is 0. The van der Waals surface area contributed by atoms with Gasteiger partial charge in [0.15, 0.2) is 0 Å². The number of nitrogens with one attached hydrogen (secondary N) is 2. The lowest BCUT2D eigenvalue weighted by Crippen LogP contribution is -2.46. The lowest BCUT2D eigenvalue weighted by Gasteiger charge is -2.29. The fourth-order valence-electron chi connectivity index (χ4n) is 3.61. The zero-order valence-corrected chi connectivity index (χ0v) is 14.0. The van der Waals surface area contributed by atoms with Gasteiger partial charge in [-0.2, -0.15) is 0 Å². The number of H-pyrrole nitrogens is 1. The monoisotopic (exact) mass is 335 g/mol. The van der Waals surface area contributed by atoms with Gasteiger partial charge in [0.25, 0.3) is 11.5 Å². The maximum Gasteiger partial charge on any atom is 0.328 e. The second-order valence-electron chi connectivity index (χ2n) is 6.90. The molecule has 3 rings (SSSR count). The van der Waals surface area contributed by atoms with Crippen LogP contribution in [0.15, 0.2) is 15.8 Å². The molecule has 2 aliphatic rings. The van der Waals surface area contributed by atoms with Crippen molar-refractivity contribution in [3.05, 3.63) is 32.6 Å². The molecule has 1 amide bonds. The lowest BCUT2D eigenvalue weighted by atomic mass is 9.86. The van der Waals surface area contributed by atoms with Crippen molar-refractivity contribution in [2.45, 2.75) is 64.1 Å². The summed E-state index contributed by atoms with van der Waals surface area (Å²) in [6.07, 6.45) is 7.11. The van der Waals surface area contributed by atoms with Crippen molar-refractivity contribution < 1.29 is 9.53 Å². The van der Waals surface area contributed by atoms with Gasteiger partial charge < -0.3 is 15.0 Å². The first-order valence-corrected chi connectivity index (χ1v) is 8.81. The number of nitrogens with zero attached hydrogens (tertiary/aromatic N) is 1. The highest BCUT2D eigenvalue weighted by Gasteiger charge is 2.25. The zero-order chi connectivity index (χ0) is 17.1. The van der Waals surface area contributed by atoms with E-state index in [1.807, 2.05) is 0 Å². The number of hydrogen-bond acceptors (Lipinski definition) is 4. The molecule has 24 heavy (non-hydrogen) atoms. The van der Waals surface area contributed by atoms with E-state index in [2.05, 4.69) is 17.2 Å². The molecule has 1 aromatic heterocycles. The van der Waals surface area contributed by atoms with Crippen molar-refractivity contribution in [1.82, 2.24) is 14.9 Å². The van der Waals surface area contributed by atoms with Crippen LogP contribution in [0.25, 0.3) is 0 Å². The van der Waals surface area contributed by atoms with E-state index in [-0.39, 0.29) is 24.3 Å². The zero-order valence-electron chi connectivity index (χ0n) is 14.0. The van der Waals surface area contributed by atoms with Crippen LogP contribution in [0.3, 0.4) is 0 Å². The van der Waals surface area contributed by atoms with Gasteiger partial charge in [-0.05, 0) is 31.6 Å². The Balaban J connectivity index is 1.78. The minimum absolute atomic E-state index is 0.00892.